The number of carbonyl (C=O) groups excluding carboxylic acids is 1. The Labute approximate surface area is 119 Å². The molecule has 0 fully saturated rings. The monoisotopic (exact) mass is 298 g/mol. The second-order valence-electron chi connectivity index (χ2n) is 4.02. The molecule has 7 heteroatoms. The number of para-hydroxylation sites is 1. The largest absolute Gasteiger partial charge is 0.462 e. The van der Waals surface area contributed by atoms with Crippen molar-refractivity contribution in [3.63, 3.8) is 0 Å². The summed E-state index contributed by atoms with van der Waals surface area (Å²) in [6, 6.07) is 7.48. The third-order valence-corrected chi connectivity index (χ3v) is 2.53. The second-order valence-corrected chi connectivity index (χ2v) is 4.02. The minimum Gasteiger partial charge on any atom is -0.462 e. The van der Waals surface area contributed by atoms with Crippen molar-refractivity contribution in [2.24, 2.45) is 0 Å². The first-order valence-corrected chi connectivity index (χ1v) is 6.02. The number of benzene rings is 1. The zero-order chi connectivity index (χ0) is 16.0. The molecule has 112 valence electrons. The molecule has 0 aliphatic rings. The number of allylic oxidation sites excluding steroid dienone is 1. The molecule has 1 N–H and O–H groups in total. The number of alkyl halides is 3. The fourth-order valence-electron chi connectivity index (χ4n) is 1.53. The molecule has 0 aromatic heterocycles. The number of esters is 1. The van der Waals surface area contributed by atoms with Crippen molar-refractivity contribution in [3.8, 4) is 6.07 Å². The van der Waals surface area contributed by atoms with Gasteiger partial charge >= 0.3 is 12.1 Å². The molecule has 0 heterocycles. The number of rotatable bonds is 4. The highest BCUT2D eigenvalue weighted by molar-refractivity contribution is 5.94. The Morgan fingerprint density at radius 3 is 2.48 bits per heavy atom. The summed E-state index contributed by atoms with van der Waals surface area (Å²) in [5, 5.41) is 11.0. The molecule has 0 radical (unpaired) electrons. The van der Waals surface area contributed by atoms with Gasteiger partial charge in [0, 0.05) is 5.69 Å². The summed E-state index contributed by atoms with van der Waals surface area (Å²) in [5.41, 5.74) is -1.84. The van der Waals surface area contributed by atoms with Gasteiger partial charge < -0.3 is 10.1 Å². The van der Waals surface area contributed by atoms with Gasteiger partial charge in [0.25, 0.3) is 0 Å². The predicted molar refractivity (Wildman–Crippen MR) is 70.1 cm³/mol. The minimum atomic E-state index is -4.89. The van der Waals surface area contributed by atoms with E-state index in [0.29, 0.717) is 5.56 Å². The molecule has 0 saturated carbocycles. The maximum Gasteiger partial charge on any atom is 0.432 e. The lowest BCUT2D eigenvalue weighted by Gasteiger charge is -2.17. The first kappa shape index (κ1) is 16.6. The lowest BCUT2D eigenvalue weighted by atomic mass is 10.1. The van der Waals surface area contributed by atoms with E-state index in [0.717, 1.165) is 0 Å². The van der Waals surface area contributed by atoms with Gasteiger partial charge in [-0.1, -0.05) is 18.2 Å². The number of ether oxygens (including phenoxy) is 1. The fourth-order valence-corrected chi connectivity index (χ4v) is 1.53. The molecule has 21 heavy (non-hydrogen) atoms. The van der Waals surface area contributed by atoms with Crippen LogP contribution >= 0.6 is 0 Å². The van der Waals surface area contributed by atoms with Crippen LogP contribution < -0.4 is 5.32 Å². The Morgan fingerprint density at radius 2 is 2.00 bits per heavy atom. The Morgan fingerprint density at radius 1 is 1.38 bits per heavy atom. The summed E-state index contributed by atoms with van der Waals surface area (Å²) < 4.78 is 43.8. The summed E-state index contributed by atoms with van der Waals surface area (Å²) in [6.07, 6.45) is -4.89. The van der Waals surface area contributed by atoms with Gasteiger partial charge in [-0.3, -0.25) is 0 Å². The van der Waals surface area contributed by atoms with E-state index in [4.69, 9.17) is 5.26 Å². The van der Waals surface area contributed by atoms with E-state index in [9.17, 15) is 18.0 Å². The average Bonchev–Trinajstić information content (AvgIpc) is 2.40. The number of anilines is 1. The van der Waals surface area contributed by atoms with Crippen LogP contribution in [0, 0.1) is 18.3 Å². The third kappa shape index (κ3) is 4.24. The fraction of sp³-hybridized carbons (Fsp3) is 0.286. The number of nitrogens with one attached hydrogen (secondary N) is 1. The molecule has 1 aromatic carbocycles. The lowest BCUT2D eigenvalue weighted by molar-refractivity contribution is -0.139. The van der Waals surface area contributed by atoms with E-state index in [1.54, 1.807) is 25.1 Å². The van der Waals surface area contributed by atoms with Gasteiger partial charge in [0.1, 0.15) is 11.8 Å². The van der Waals surface area contributed by atoms with Crippen LogP contribution in [0.5, 0.6) is 0 Å². The van der Waals surface area contributed by atoms with Crippen LogP contribution in [0.2, 0.25) is 0 Å². The van der Waals surface area contributed by atoms with E-state index >= 15 is 0 Å². The van der Waals surface area contributed by atoms with Crippen LogP contribution in [-0.4, -0.2) is 18.8 Å². The summed E-state index contributed by atoms with van der Waals surface area (Å²) in [7, 11) is 0. The number of aryl methyl sites for hydroxylation is 1. The number of nitriles is 1. The summed E-state index contributed by atoms with van der Waals surface area (Å²) in [4.78, 5) is 11.5. The first-order valence-electron chi connectivity index (χ1n) is 6.02. The normalized spacial score (nSPS) is 12.2. The van der Waals surface area contributed by atoms with Gasteiger partial charge in [-0.15, -0.1) is 0 Å². The molecule has 4 nitrogen and oxygen atoms in total. The van der Waals surface area contributed by atoms with Crippen LogP contribution in [0.15, 0.2) is 35.5 Å². The van der Waals surface area contributed by atoms with E-state index in [1.807, 2.05) is 0 Å². The van der Waals surface area contributed by atoms with E-state index < -0.39 is 23.4 Å². The zero-order valence-corrected chi connectivity index (χ0v) is 11.4. The van der Waals surface area contributed by atoms with E-state index in [1.165, 1.54) is 19.1 Å². The quantitative estimate of drug-likeness (QED) is 0.526. The topological polar surface area (TPSA) is 62.1 Å². The predicted octanol–water partition coefficient (Wildman–Crippen LogP) is 3.31. The number of nitrogens with zero attached hydrogens (tertiary/aromatic N) is 1. The second kappa shape index (κ2) is 6.79. The van der Waals surface area contributed by atoms with E-state index in [2.05, 4.69) is 10.1 Å². The minimum absolute atomic E-state index is 0.125. The number of hydrogen-bond donors (Lipinski definition) is 1. The standard InChI is InChI=1S/C14H13F3N2O2/c1-3-21-13(20)10(8-18)12(14(15,16)17)19-11-7-5-4-6-9(11)2/h4-7,19H,3H2,1-2H3. The lowest BCUT2D eigenvalue weighted by Crippen LogP contribution is -2.25. The Bertz CT molecular complexity index is 601. The van der Waals surface area contributed by atoms with Gasteiger partial charge in [-0.2, -0.15) is 18.4 Å². The molecule has 0 saturated heterocycles. The van der Waals surface area contributed by atoms with Gasteiger partial charge in [0.15, 0.2) is 5.57 Å². The SMILES string of the molecule is CCOC(=O)C(C#N)=C(Nc1ccccc1C)C(F)(F)F. The number of carbonyl (C=O) groups is 1. The highest BCUT2D eigenvalue weighted by Crippen LogP contribution is 2.30. The van der Waals surface area contributed by atoms with Crippen molar-refractivity contribution in [1.29, 1.82) is 5.26 Å². The molecular weight excluding hydrogens is 285 g/mol. The van der Waals surface area contributed by atoms with Crippen molar-refractivity contribution in [2.45, 2.75) is 20.0 Å². The Kier molecular flexibility index (Phi) is 5.36. The molecular formula is C14H13F3N2O2. The van der Waals surface area contributed by atoms with Crippen molar-refractivity contribution < 1.29 is 22.7 Å². The number of halogens is 3. The van der Waals surface area contributed by atoms with Gasteiger partial charge in [-0.25, -0.2) is 4.79 Å². The molecule has 0 unspecified atom stereocenters. The average molecular weight is 298 g/mol. The van der Waals surface area contributed by atoms with Crippen LogP contribution in [0.25, 0.3) is 0 Å². The zero-order valence-electron chi connectivity index (χ0n) is 11.4. The summed E-state index contributed by atoms with van der Waals surface area (Å²) in [5.74, 6) is -1.31. The number of hydrogen-bond acceptors (Lipinski definition) is 4. The Hall–Kier alpha value is -2.49. The Balaban J connectivity index is 3.33. The smallest absolute Gasteiger partial charge is 0.432 e. The maximum atomic E-state index is 13.1. The van der Waals surface area contributed by atoms with Crippen LogP contribution in [0.4, 0.5) is 18.9 Å². The molecule has 0 amide bonds. The van der Waals surface area contributed by atoms with Crippen molar-refractivity contribution >= 4 is 11.7 Å². The summed E-state index contributed by atoms with van der Waals surface area (Å²) in [6.45, 7) is 2.92. The van der Waals surface area contributed by atoms with Crippen molar-refractivity contribution in [3.05, 3.63) is 41.1 Å². The first-order chi connectivity index (χ1) is 9.81. The third-order valence-electron chi connectivity index (χ3n) is 2.53. The van der Waals surface area contributed by atoms with Gasteiger partial charge in [-0.05, 0) is 25.5 Å². The molecule has 0 aliphatic heterocycles. The van der Waals surface area contributed by atoms with Crippen molar-refractivity contribution in [1.82, 2.24) is 0 Å². The highest BCUT2D eigenvalue weighted by atomic mass is 19.4. The van der Waals surface area contributed by atoms with E-state index in [-0.39, 0.29) is 12.3 Å². The summed E-state index contributed by atoms with van der Waals surface area (Å²) >= 11 is 0. The van der Waals surface area contributed by atoms with Crippen LogP contribution in [0.3, 0.4) is 0 Å². The molecule has 0 aliphatic carbocycles. The molecule has 1 aromatic rings. The maximum absolute atomic E-state index is 13.1. The van der Waals surface area contributed by atoms with Crippen molar-refractivity contribution in [2.75, 3.05) is 11.9 Å². The molecule has 0 spiro atoms. The van der Waals surface area contributed by atoms with Crippen LogP contribution in [-0.2, 0) is 9.53 Å². The molecule has 0 atom stereocenters. The molecule has 1 rings (SSSR count). The highest BCUT2D eigenvalue weighted by Gasteiger charge is 2.39. The van der Waals surface area contributed by atoms with Gasteiger partial charge in [0.2, 0.25) is 0 Å². The van der Waals surface area contributed by atoms with Gasteiger partial charge in [0.05, 0.1) is 6.61 Å². The van der Waals surface area contributed by atoms with Crippen LogP contribution in [0.1, 0.15) is 12.5 Å². The molecule has 0 bridgehead atoms.